The van der Waals surface area contributed by atoms with Crippen molar-refractivity contribution in [3.8, 4) is 0 Å². The van der Waals surface area contributed by atoms with E-state index in [2.05, 4.69) is 34.7 Å². The summed E-state index contributed by atoms with van der Waals surface area (Å²) in [5.74, 6) is -0.267. The van der Waals surface area contributed by atoms with Crippen LogP contribution in [0, 0.1) is 0 Å². The molecule has 80 valence electrons. The van der Waals surface area contributed by atoms with Crippen LogP contribution in [0.5, 0.6) is 0 Å². The summed E-state index contributed by atoms with van der Waals surface area (Å²) in [5, 5.41) is 0. The van der Waals surface area contributed by atoms with Crippen molar-refractivity contribution in [2.75, 3.05) is 24.7 Å². The van der Waals surface area contributed by atoms with Crippen molar-refractivity contribution in [3.63, 3.8) is 0 Å². The third kappa shape index (κ3) is 8.00. The van der Waals surface area contributed by atoms with Gasteiger partial charge in [-0.25, -0.2) is 9.59 Å². The average Bonchev–Trinajstić information content (AvgIpc) is 2.20. The second kappa shape index (κ2) is 8.96. The number of hydrogen-bond donors (Lipinski definition) is 2. The second-order valence-corrected chi connectivity index (χ2v) is 3.01. The van der Waals surface area contributed by atoms with E-state index in [0.717, 1.165) is 12.2 Å². The molecule has 0 fully saturated rings. The molecule has 0 aromatic carbocycles. The Labute approximate surface area is 93.5 Å². The predicted octanol–water partition coefficient (Wildman–Crippen LogP) is 0.489. The predicted molar refractivity (Wildman–Crippen MR) is 58.8 cm³/mol. The van der Waals surface area contributed by atoms with Crippen molar-refractivity contribution in [1.29, 1.82) is 0 Å². The van der Waals surface area contributed by atoms with Crippen LogP contribution in [0.25, 0.3) is 0 Å². The zero-order chi connectivity index (χ0) is 10.8. The first-order valence-corrected chi connectivity index (χ1v) is 5.20. The van der Waals surface area contributed by atoms with Crippen molar-refractivity contribution in [2.45, 2.75) is 0 Å². The highest BCUT2D eigenvalue weighted by molar-refractivity contribution is 7.80. The van der Waals surface area contributed by atoms with Gasteiger partial charge in [0.1, 0.15) is 13.2 Å². The van der Waals surface area contributed by atoms with Crippen molar-refractivity contribution in [3.05, 3.63) is 12.2 Å². The number of carbonyl (C=O) groups excluding carboxylic acids is 2. The van der Waals surface area contributed by atoms with Crippen LogP contribution in [0.3, 0.4) is 0 Å². The Morgan fingerprint density at radius 2 is 1.29 bits per heavy atom. The molecule has 0 radical (unpaired) electrons. The van der Waals surface area contributed by atoms with Crippen LogP contribution < -0.4 is 0 Å². The van der Waals surface area contributed by atoms with E-state index in [1.807, 2.05) is 0 Å². The van der Waals surface area contributed by atoms with Gasteiger partial charge >= 0.3 is 11.9 Å². The summed E-state index contributed by atoms with van der Waals surface area (Å²) in [5.41, 5.74) is 0. The molecule has 0 atom stereocenters. The van der Waals surface area contributed by atoms with E-state index in [-0.39, 0.29) is 13.2 Å². The van der Waals surface area contributed by atoms with E-state index < -0.39 is 11.9 Å². The molecule has 14 heavy (non-hydrogen) atoms. The first-order chi connectivity index (χ1) is 6.70. The van der Waals surface area contributed by atoms with E-state index >= 15 is 0 Å². The highest BCUT2D eigenvalue weighted by atomic mass is 32.1. The smallest absolute Gasteiger partial charge is 0.331 e. The van der Waals surface area contributed by atoms with Gasteiger partial charge in [-0.3, -0.25) is 0 Å². The van der Waals surface area contributed by atoms with Gasteiger partial charge in [-0.15, -0.1) is 0 Å². The lowest BCUT2D eigenvalue weighted by atomic mass is 10.5. The fourth-order valence-electron chi connectivity index (χ4n) is 0.525. The van der Waals surface area contributed by atoms with Gasteiger partial charge in [0.2, 0.25) is 0 Å². The maximum atomic E-state index is 10.8. The minimum Gasteiger partial charge on any atom is -0.462 e. The first-order valence-electron chi connectivity index (χ1n) is 3.94. The van der Waals surface area contributed by atoms with Crippen molar-refractivity contribution < 1.29 is 19.1 Å². The van der Waals surface area contributed by atoms with Crippen LogP contribution in [-0.4, -0.2) is 36.7 Å². The molecule has 0 aromatic heterocycles. The van der Waals surface area contributed by atoms with Gasteiger partial charge in [0, 0.05) is 23.7 Å². The number of thiol groups is 2. The lowest BCUT2D eigenvalue weighted by molar-refractivity contribution is -0.139. The average molecular weight is 236 g/mol. The fraction of sp³-hybridized carbons (Fsp3) is 0.500. The molecular weight excluding hydrogens is 224 g/mol. The van der Waals surface area contributed by atoms with E-state index in [1.54, 1.807) is 0 Å². The van der Waals surface area contributed by atoms with Gasteiger partial charge in [-0.05, 0) is 0 Å². The number of ether oxygens (including phenoxy) is 2. The number of esters is 2. The lowest BCUT2D eigenvalue weighted by Crippen LogP contribution is -2.06. The number of carbonyl (C=O) groups is 2. The van der Waals surface area contributed by atoms with Gasteiger partial charge in [-0.2, -0.15) is 25.3 Å². The Bertz CT molecular complexity index is 193. The summed E-state index contributed by atoms with van der Waals surface area (Å²) in [6.07, 6.45) is 2.04. The topological polar surface area (TPSA) is 52.6 Å². The van der Waals surface area contributed by atoms with E-state index in [0.29, 0.717) is 11.5 Å². The molecule has 0 aliphatic carbocycles. The SMILES string of the molecule is O=C(/C=C\C(=O)OCCS)OCCS. The Balaban J connectivity index is 3.68. The Kier molecular flexibility index (Phi) is 8.56. The molecule has 6 heteroatoms. The summed E-state index contributed by atoms with van der Waals surface area (Å²) in [6, 6.07) is 0. The van der Waals surface area contributed by atoms with Crippen LogP contribution >= 0.6 is 25.3 Å². The zero-order valence-electron chi connectivity index (χ0n) is 7.51. The summed E-state index contributed by atoms with van der Waals surface area (Å²) >= 11 is 7.70. The molecule has 0 aliphatic rings. The summed E-state index contributed by atoms with van der Waals surface area (Å²) in [7, 11) is 0. The number of rotatable bonds is 6. The highest BCUT2D eigenvalue weighted by Gasteiger charge is 1.99. The zero-order valence-corrected chi connectivity index (χ0v) is 9.30. The molecule has 0 aliphatic heterocycles. The third-order valence-electron chi connectivity index (χ3n) is 1.03. The van der Waals surface area contributed by atoms with Crippen LogP contribution in [0.1, 0.15) is 0 Å². The van der Waals surface area contributed by atoms with Crippen molar-refractivity contribution in [2.24, 2.45) is 0 Å². The monoisotopic (exact) mass is 236 g/mol. The van der Waals surface area contributed by atoms with Gasteiger partial charge in [-0.1, -0.05) is 0 Å². The molecule has 0 bridgehead atoms. The Morgan fingerprint density at radius 1 is 0.929 bits per heavy atom. The molecule has 0 saturated heterocycles. The van der Waals surface area contributed by atoms with Gasteiger partial charge < -0.3 is 9.47 Å². The molecular formula is C8H12O4S2. The molecule has 0 N–H and O–H groups in total. The Hall–Kier alpha value is -0.620. The summed E-state index contributed by atoms with van der Waals surface area (Å²) in [6.45, 7) is 0.440. The van der Waals surface area contributed by atoms with Crippen LogP contribution in [0.15, 0.2) is 12.2 Å². The third-order valence-corrected chi connectivity index (χ3v) is 1.39. The molecule has 0 rings (SSSR count). The minimum absolute atomic E-state index is 0.220. The molecule has 0 spiro atoms. The second-order valence-electron chi connectivity index (χ2n) is 2.12. The van der Waals surface area contributed by atoms with Crippen molar-refractivity contribution >= 4 is 37.2 Å². The quantitative estimate of drug-likeness (QED) is 0.400. The van der Waals surface area contributed by atoms with Crippen LogP contribution in [0.2, 0.25) is 0 Å². The first kappa shape index (κ1) is 13.4. The van der Waals surface area contributed by atoms with Crippen LogP contribution in [0.4, 0.5) is 0 Å². The van der Waals surface area contributed by atoms with Gasteiger partial charge in [0.25, 0.3) is 0 Å². The minimum atomic E-state index is -0.582. The standard InChI is InChI=1S/C8H12O4S2/c9-7(11-3-5-13)1-2-8(10)12-4-6-14/h1-2,13-14H,3-6H2/b2-1-. The maximum Gasteiger partial charge on any atom is 0.331 e. The van der Waals surface area contributed by atoms with E-state index in [1.165, 1.54) is 0 Å². The van der Waals surface area contributed by atoms with Gasteiger partial charge in [0.05, 0.1) is 0 Å². The molecule has 0 amide bonds. The summed E-state index contributed by atoms with van der Waals surface area (Å²) < 4.78 is 9.24. The van der Waals surface area contributed by atoms with Crippen molar-refractivity contribution in [1.82, 2.24) is 0 Å². The maximum absolute atomic E-state index is 10.8. The fourth-order valence-corrected chi connectivity index (χ4v) is 0.707. The number of hydrogen-bond acceptors (Lipinski definition) is 6. The summed E-state index contributed by atoms with van der Waals surface area (Å²) in [4.78, 5) is 21.6. The molecule has 4 nitrogen and oxygen atoms in total. The largest absolute Gasteiger partial charge is 0.462 e. The Morgan fingerprint density at radius 3 is 1.57 bits per heavy atom. The molecule has 0 heterocycles. The van der Waals surface area contributed by atoms with E-state index in [4.69, 9.17) is 0 Å². The normalized spacial score (nSPS) is 10.1. The molecule has 0 saturated carbocycles. The highest BCUT2D eigenvalue weighted by Crippen LogP contribution is 1.87. The van der Waals surface area contributed by atoms with E-state index in [9.17, 15) is 9.59 Å². The van der Waals surface area contributed by atoms with Gasteiger partial charge in [0.15, 0.2) is 0 Å². The molecule has 0 unspecified atom stereocenters. The molecule has 0 aromatic rings. The lowest BCUT2D eigenvalue weighted by Gasteiger charge is -1.98. The van der Waals surface area contributed by atoms with Crippen LogP contribution in [-0.2, 0) is 19.1 Å².